The normalized spacial score (nSPS) is 21.9. The number of alkyl carbamates (subject to hydrolysis) is 1. The van der Waals surface area contributed by atoms with E-state index in [9.17, 15) is 4.79 Å². The monoisotopic (exact) mass is 301 g/mol. The summed E-state index contributed by atoms with van der Waals surface area (Å²) < 4.78 is 4.97. The van der Waals surface area contributed by atoms with Crippen LogP contribution in [-0.2, 0) is 4.74 Å². The number of carbonyl (C=O) groups is 1. The van der Waals surface area contributed by atoms with Crippen LogP contribution in [0.3, 0.4) is 0 Å². The maximum atomic E-state index is 11.7. The molecular formula is C17H23N3O2. The molecule has 1 aliphatic rings. The van der Waals surface area contributed by atoms with E-state index in [1.165, 1.54) is 11.1 Å². The zero-order chi connectivity index (χ0) is 15.9. The molecule has 0 radical (unpaired) electrons. The topological polar surface area (TPSA) is 65.4 Å². The number of benzene rings is 1. The summed E-state index contributed by atoms with van der Waals surface area (Å²) in [6.45, 7) is 6.14. The van der Waals surface area contributed by atoms with Crippen LogP contribution in [0.25, 0.3) is 0 Å². The number of nitrogens with one attached hydrogen (secondary N) is 1. The maximum Gasteiger partial charge on any atom is 0.407 e. The van der Waals surface area contributed by atoms with E-state index in [2.05, 4.69) is 47.5 Å². The van der Waals surface area contributed by atoms with Gasteiger partial charge in [0, 0.05) is 19.1 Å². The summed E-state index contributed by atoms with van der Waals surface area (Å²) in [5, 5.41) is 11.9. The maximum absolute atomic E-state index is 11.7. The van der Waals surface area contributed by atoms with Gasteiger partial charge in [0.25, 0.3) is 0 Å². The Labute approximate surface area is 131 Å². The van der Waals surface area contributed by atoms with E-state index < -0.39 is 0 Å². The highest BCUT2D eigenvalue weighted by molar-refractivity contribution is 5.67. The van der Waals surface area contributed by atoms with E-state index in [0.717, 1.165) is 13.0 Å². The van der Waals surface area contributed by atoms with Crippen LogP contribution in [0.15, 0.2) is 24.3 Å². The van der Waals surface area contributed by atoms with Crippen molar-refractivity contribution in [2.24, 2.45) is 0 Å². The zero-order valence-corrected chi connectivity index (χ0v) is 13.2. The molecule has 1 heterocycles. The molecule has 0 saturated carbocycles. The van der Waals surface area contributed by atoms with Crippen molar-refractivity contribution in [2.75, 3.05) is 26.2 Å². The second kappa shape index (κ2) is 7.81. The Morgan fingerprint density at radius 2 is 2.32 bits per heavy atom. The van der Waals surface area contributed by atoms with Gasteiger partial charge in [-0.05, 0) is 31.7 Å². The minimum atomic E-state index is -0.380. The third kappa shape index (κ3) is 4.47. The number of likely N-dealkylation sites (tertiary alicyclic amines) is 1. The average molecular weight is 301 g/mol. The van der Waals surface area contributed by atoms with Gasteiger partial charge in [-0.3, -0.25) is 4.90 Å². The number of ether oxygens (including phenoxy) is 1. The van der Waals surface area contributed by atoms with Crippen molar-refractivity contribution in [3.63, 3.8) is 0 Å². The van der Waals surface area contributed by atoms with E-state index >= 15 is 0 Å². The van der Waals surface area contributed by atoms with Gasteiger partial charge >= 0.3 is 6.09 Å². The molecule has 1 aromatic rings. The van der Waals surface area contributed by atoms with Crippen molar-refractivity contribution >= 4 is 6.09 Å². The van der Waals surface area contributed by atoms with Crippen LogP contribution in [0.5, 0.6) is 0 Å². The molecule has 1 fully saturated rings. The summed E-state index contributed by atoms with van der Waals surface area (Å²) in [5.41, 5.74) is 2.49. The standard InChI is InChI=1S/C17H23N3O2/c1-3-22-17(21)19-16-10-15(11-20(12-16)8-7-18)14-6-4-5-13(2)9-14/h4-6,9,15-16H,3,8,10-12H2,1-2H3,(H,19,21). The van der Waals surface area contributed by atoms with E-state index in [1.807, 2.05) is 0 Å². The minimum absolute atomic E-state index is 0.00617. The van der Waals surface area contributed by atoms with Gasteiger partial charge in [0.2, 0.25) is 0 Å². The first-order valence-corrected chi connectivity index (χ1v) is 7.71. The van der Waals surface area contributed by atoms with Crippen molar-refractivity contribution in [1.82, 2.24) is 10.2 Å². The van der Waals surface area contributed by atoms with Crippen molar-refractivity contribution in [3.05, 3.63) is 35.4 Å². The highest BCUT2D eigenvalue weighted by atomic mass is 16.5. The lowest BCUT2D eigenvalue weighted by molar-refractivity contribution is 0.133. The second-order valence-electron chi connectivity index (χ2n) is 5.76. The molecule has 1 aromatic carbocycles. The van der Waals surface area contributed by atoms with Gasteiger partial charge in [-0.25, -0.2) is 4.79 Å². The number of nitrogens with zero attached hydrogens (tertiary/aromatic N) is 2. The van der Waals surface area contributed by atoms with Crippen LogP contribution >= 0.6 is 0 Å². The largest absolute Gasteiger partial charge is 0.450 e. The molecule has 2 atom stereocenters. The van der Waals surface area contributed by atoms with Gasteiger partial charge in [0.05, 0.1) is 19.2 Å². The van der Waals surface area contributed by atoms with Gasteiger partial charge < -0.3 is 10.1 Å². The van der Waals surface area contributed by atoms with E-state index in [-0.39, 0.29) is 12.1 Å². The zero-order valence-electron chi connectivity index (χ0n) is 13.2. The number of carbonyl (C=O) groups excluding carboxylic acids is 1. The summed E-state index contributed by atoms with van der Waals surface area (Å²) in [5.74, 6) is 0.314. The van der Waals surface area contributed by atoms with Gasteiger partial charge in [-0.1, -0.05) is 29.8 Å². The molecule has 1 saturated heterocycles. The Morgan fingerprint density at radius 1 is 1.50 bits per heavy atom. The molecule has 5 nitrogen and oxygen atoms in total. The molecule has 0 aliphatic carbocycles. The van der Waals surface area contributed by atoms with Gasteiger partial charge in [0.1, 0.15) is 0 Å². The fraction of sp³-hybridized carbons (Fsp3) is 0.529. The van der Waals surface area contributed by atoms with Gasteiger partial charge in [0.15, 0.2) is 0 Å². The molecule has 2 unspecified atom stereocenters. The van der Waals surface area contributed by atoms with Crippen LogP contribution < -0.4 is 5.32 Å². The molecular weight excluding hydrogens is 278 g/mol. The first kappa shape index (κ1) is 16.3. The number of hydrogen-bond donors (Lipinski definition) is 1. The van der Waals surface area contributed by atoms with E-state index in [1.54, 1.807) is 6.92 Å². The summed E-state index contributed by atoms with van der Waals surface area (Å²) in [4.78, 5) is 13.7. The summed E-state index contributed by atoms with van der Waals surface area (Å²) >= 11 is 0. The van der Waals surface area contributed by atoms with Crippen LogP contribution in [0.4, 0.5) is 4.79 Å². The van der Waals surface area contributed by atoms with Crippen molar-refractivity contribution in [1.29, 1.82) is 5.26 Å². The minimum Gasteiger partial charge on any atom is -0.450 e. The van der Waals surface area contributed by atoms with Crippen molar-refractivity contribution in [3.8, 4) is 6.07 Å². The predicted octanol–water partition coefficient (Wildman–Crippen LogP) is 2.42. The first-order chi connectivity index (χ1) is 10.6. The van der Waals surface area contributed by atoms with Gasteiger partial charge in [-0.2, -0.15) is 5.26 Å². The number of hydrogen-bond acceptors (Lipinski definition) is 4. The third-order valence-electron chi connectivity index (χ3n) is 3.93. The Morgan fingerprint density at radius 3 is 3.00 bits per heavy atom. The lowest BCUT2D eigenvalue weighted by Crippen LogP contribution is -2.50. The highest BCUT2D eigenvalue weighted by Gasteiger charge is 2.29. The Bertz CT molecular complexity index is 553. The predicted molar refractivity (Wildman–Crippen MR) is 84.5 cm³/mol. The molecule has 0 aromatic heterocycles. The van der Waals surface area contributed by atoms with Crippen molar-refractivity contribution < 1.29 is 9.53 Å². The van der Waals surface area contributed by atoms with Crippen LogP contribution in [0.1, 0.15) is 30.4 Å². The molecule has 0 spiro atoms. The Hall–Kier alpha value is -2.06. The average Bonchev–Trinajstić information content (AvgIpc) is 2.47. The number of piperidine rings is 1. The molecule has 22 heavy (non-hydrogen) atoms. The van der Waals surface area contributed by atoms with Crippen LogP contribution in [-0.4, -0.2) is 43.3 Å². The van der Waals surface area contributed by atoms with E-state index in [0.29, 0.717) is 25.6 Å². The first-order valence-electron chi connectivity index (χ1n) is 7.71. The number of nitriles is 1. The lowest BCUT2D eigenvalue weighted by Gasteiger charge is -2.37. The Balaban J connectivity index is 2.09. The third-order valence-corrected chi connectivity index (χ3v) is 3.93. The lowest BCUT2D eigenvalue weighted by atomic mass is 9.87. The fourth-order valence-electron chi connectivity index (χ4n) is 3.03. The molecule has 2 rings (SSSR count). The fourth-order valence-corrected chi connectivity index (χ4v) is 3.03. The number of amides is 1. The number of aryl methyl sites for hydroxylation is 1. The molecule has 1 aliphatic heterocycles. The quantitative estimate of drug-likeness (QED) is 0.867. The molecule has 118 valence electrons. The van der Waals surface area contributed by atoms with E-state index in [4.69, 9.17) is 10.00 Å². The Kier molecular flexibility index (Phi) is 5.79. The molecule has 1 N–H and O–H groups in total. The summed E-state index contributed by atoms with van der Waals surface area (Å²) in [7, 11) is 0. The van der Waals surface area contributed by atoms with Crippen LogP contribution in [0.2, 0.25) is 0 Å². The SMILES string of the molecule is CCOC(=O)NC1CC(c2cccc(C)c2)CN(CC#N)C1. The second-order valence-corrected chi connectivity index (χ2v) is 5.76. The molecule has 0 bridgehead atoms. The number of rotatable bonds is 4. The molecule has 5 heteroatoms. The molecule has 1 amide bonds. The summed E-state index contributed by atoms with van der Waals surface area (Å²) in [6, 6.07) is 10.6. The smallest absolute Gasteiger partial charge is 0.407 e. The summed E-state index contributed by atoms with van der Waals surface area (Å²) in [6.07, 6.45) is 0.485. The highest BCUT2D eigenvalue weighted by Crippen LogP contribution is 2.27. The van der Waals surface area contributed by atoms with Crippen LogP contribution in [0, 0.1) is 18.3 Å². The van der Waals surface area contributed by atoms with Gasteiger partial charge in [-0.15, -0.1) is 0 Å². The van der Waals surface area contributed by atoms with Crippen molar-refractivity contribution in [2.45, 2.75) is 32.2 Å².